The van der Waals surface area contributed by atoms with Crippen LogP contribution in [0.4, 0.5) is 0 Å². The van der Waals surface area contributed by atoms with Gasteiger partial charge in [0.1, 0.15) is 0 Å². The number of para-hydroxylation sites is 1. The van der Waals surface area contributed by atoms with Gasteiger partial charge in [-0.15, -0.1) is 0 Å². The molecular formula is C22H13Br2N. The second-order valence-corrected chi connectivity index (χ2v) is 7.90. The number of hydrogen-bond donors (Lipinski definition) is 0. The average Bonchev–Trinajstić information content (AvgIpc) is 2.96. The smallest absolute Gasteiger partial charge is 0.0620 e. The number of nitrogens with zero attached hydrogens (tertiary/aromatic N) is 1. The van der Waals surface area contributed by atoms with Gasteiger partial charge in [-0.05, 0) is 41.8 Å². The van der Waals surface area contributed by atoms with Gasteiger partial charge < -0.3 is 4.57 Å². The normalized spacial score (nSPS) is 11.6. The van der Waals surface area contributed by atoms with Gasteiger partial charge in [0.15, 0.2) is 0 Å². The Morgan fingerprint density at radius 1 is 0.600 bits per heavy atom. The van der Waals surface area contributed by atoms with Crippen molar-refractivity contribution in [3.8, 4) is 5.69 Å². The van der Waals surface area contributed by atoms with Crippen LogP contribution in [0.2, 0.25) is 0 Å². The summed E-state index contributed by atoms with van der Waals surface area (Å²) in [5, 5.41) is 4.99. The predicted molar refractivity (Wildman–Crippen MR) is 114 cm³/mol. The van der Waals surface area contributed by atoms with E-state index < -0.39 is 0 Å². The van der Waals surface area contributed by atoms with Crippen LogP contribution in [0.5, 0.6) is 0 Å². The lowest BCUT2D eigenvalue weighted by atomic mass is 10.1. The lowest BCUT2D eigenvalue weighted by molar-refractivity contribution is 1.19. The molecule has 0 atom stereocenters. The van der Waals surface area contributed by atoms with Crippen LogP contribution in [-0.4, -0.2) is 4.57 Å². The van der Waals surface area contributed by atoms with Crippen molar-refractivity contribution in [2.24, 2.45) is 0 Å². The predicted octanol–water partition coefficient (Wildman–Crippen LogP) is 7.46. The number of benzene rings is 4. The molecule has 0 unspecified atom stereocenters. The van der Waals surface area contributed by atoms with E-state index in [0.29, 0.717) is 0 Å². The first kappa shape index (κ1) is 15.2. The lowest BCUT2D eigenvalue weighted by Gasteiger charge is -2.10. The number of fused-ring (bicyclic) bond motifs is 5. The van der Waals surface area contributed by atoms with E-state index >= 15 is 0 Å². The van der Waals surface area contributed by atoms with Crippen LogP contribution in [0.25, 0.3) is 38.3 Å². The molecule has 120 valence electrons. The third-order valence-electron chi connectivity index (χ3n) is 4.69. The SMILES string of the molecule is Brc1ccc2c(c1)c1cc(Br)c3ccccc3c1n2-c1ccccc1. The van der Waals surface area contributed by atoms with Crippen LogP contribution in [0.3, 0.4) is 0 Å². The van der Waals surface area contributed by atoms with Crippen LogP contribution in [0.15, 0.2) is 87.8 Å². The highest BCUT2D eigenvalue weighted by Gasteiger charge is 2.16. The highest BCUT2D eigenvalue weighted by molar-refractivity contribution is 9.11. The second-order valence-electron chi connectivity index (χ2n) is 6.13. The molecule has 25 heavy (non-hydrogen) atoms. The molecule has 1 heterocycles. The molecule has 0 aliphatic carbocycles. The van der Waals surface area contributed by atoms with E-state index in [1.54, 1.807) is 0 Å². The average molecular weight is 451 g/mol. The number of halogens is 2. The van der Waals surface area contributed by atoms with Crippen molar-refractivity contribution in [3.05, 3.63) is 87.8 Å². The number of rotatable bonds is 1. The van der Waals surface area contributed by atoms with E-state index in [9.17, 15) is 0 Å². The first-order valence-corrected chi connectivity index (χ1v) is 9.69. The number of aromatic nitrogens is 1. The third-order valence-corrected chi connectivity index (χ3v) is 5.84. The van der Waals surface area contributed by atoms with E-state index in [4.69, 9.17) is 0 Å². The highest BCUT2D eigenvalue weighted by Crippen LogP contribution is 2.40. The van der Waals surface area contributed by atoms with Crippen LogP contribution in [0, 0.1) is 0 Å². The molecule has 4 aromatic carbocycles. The summed E-state index contributed by atoms with van der Waals surface area (Å²) < 4.78 is 4.59. The van der Waals surface area contributed by atoms with E-state index in [0.717, 1.165) is 8.95 Å². The minimum Gasteiger partial charge on any atom is -0.309 e. The molecule has 0 bridgehead atoms. The molecule has 0 fully saturated rings. The fourth-order valence-electron chi connectivity index (χ4n) is 3.65. The number of hydrogen-bond acceptors (Lipinski definition) is 0. The Balaban J connectivity index is 2.11. The lowest BCUT2D eigenvalue weighted by Crippen LogP contribution is -1.94. The molecule has 0 radical (unpaired) electrons. The van der Waals surface area contributed by atoms with Gasteiger partial charge in [0.05, 0.1) is 11.0 Å². The van der Waals surface area contributed by atoms with Gasteiger partial charge in [0, 0.05) is 30.8 Å². The first-order chi connectivity index (χ1) is 12.2. The van der Waals surface area contributed by atoms with E-state index in [2.05, 4.69) is 115 Å². The maximum Gasteiger partial charge on any atom is 0.0620 e. The van der Waals surface area contributed by atoms with Gasteiger partial charge in [-0.1, -0.05) is 74.3 Å². The molecule has 0 aliphatic rings. The van der Waals surface area contributed by atoms with Gasteiger partial charge in [-0.3, -0.25) is 0 Å². The quantitative estimate of drug-likeness (QED) is 0.249. The van der Waals surface area contributed by atoms with Crippen LogP contribution >= 0.6 is 31.9 Å². The summed E-state index contributed by atoms with van der Waals surface area (Å²) in [6.07, 6.45) is 0. The van der Waals surface area contributed by atoms with Crippen molar-refractivity contribution >= 4 is 64.4 Å². The molecule has 0 amide bonds. The monoisotopic (exact) mass is 449 g/mol. The molecule has 1 aromatic heterocycles. The van der Waals surface area contributed by atoms with E-state index in [1.165, 1.54) is 38.3 Å². The minimum atomic E-state index is 1.09. The minimum absolute atomic E-state index is 1.09. The van der Waals surface area contributed by atoms with Gasteiger partial charge in [0.2, 0.25) is 0 Å². The maximum atomic E-state index is 3.77. The summed E-state index contributed by atoms with van der Waals surface area (Å²) in [6, 6.07) is 27.9. The summed E-state index contributed by atoms with van der Waals surface area (Å²) in [5.41, 5.74) is 3.64. The second kappa shape index (κ2) is 5.72. The fraction of sp³-hybridized carbons (Fsp3) is 0. The van der Waals surface area contributed by atoms with Crippen molar-refractivity contribution in [3.63, 3.8) is 0 Å². The zero-order chi connectivity index (χ0) is 17.0. The maximum absolute atomic E-state index is 3.77. The molecule has 0 aliphatic heterocycles. The highest BCUT2D eigenvalue weighted by atomic mass is 79.9. The summed E-state index contributed by atoms with van der Waals surface area (Å²) in [5.74, 6) is 0. The Bertz CT molecular complexity index is 1250. The van der Waals surface area contributed by atoms with Crippen LogP contribution < -0.4 is 0 Å². The van der Waals surface area contributed by atoms with Crippen molar-refractivity contribution in [1.82, 2.24) is 4.57 Å². The molecule has 3 heteroatoms. The molecule has 0 N–H and O–H groups in total. The van der Waals surface area contributed by atoms with E-state index in [1.807, 2.05) is 0 Å². The standard InChI is InChI=1S/C22H13Br2N/c23-14-10-11-21-18(12-14)19-13-20(24)16-8-4-5-9-17(16)22(19)25(21)15-6-2-1-3-7-15/h1-13H. The van der Waals surface area contributed by atoms with Crippen molar-refractivity contribution in [2.75, 3.05) is 0 Å². The van der Waals surface area contributed by atoms with Gasteiger partial charge >= 0.3 is 0 Å². The summed E-state index contributed by atoms with van der Waals surface area (Å²) in [7, 11) is 0. The molecule has 5 aromatic rings. The topological polar surface area (TPSA) is 4.93 Å². The molecule has 1 nitrogen and oxygen atoms in total. The Morgan fingerprint density at radius 3 is 2.12 bits per heavy atom. The largest absolute Gasteiger partial charge is 0.309 e. The van der Waals surface area contributed by atoms with Crippen molar-refractivity contribution in [1.29, 1.82) is 0 Å². The zero-order valence-electron chi connectivity index (χ0n) is 13.2. The first-order valence-electron chi connectivity index (χ1n) is 8.10. The molecular weight excluding hydrogens is 438 g/mol. The molecule has 0 saturated heterocycles. The molecule has 0 spiro atoms. The van der Waals surface area contributed by atoms with Gasteiger partial charge in [-0.2, -0.15) is 0 Å². The van der Waals surface area contributed by atoms with Crippen LogP contribution in [-0.2, 0) is 0 Å². The molecule has 5 rings (SSSR count). The van der Waals surface area contributed by atoms with Crippen LogP contribution in [0.1, 0.15) is 0 Å². The third kappa shape index (κ3) is 2.26. The summed E-state index contributed by atoms with van der Waals surface area (Å²) in [6.45, 7) is 0. The van der Waals surface area contributed by atoms with Crippen molar-refractivity contribution < 1.29 is 0 Å². The Labute approximate surface area is 162 Å². The van der Waals surface area contributed by atoms with E-state index in [-0.39, 0.29) is 0 Å². The van der Waals surface area contributed by atoms with Gasteiger partial charge in [-0.25, -0.2) is 0 Å². The fourth-order valence-corrected chi connectivity index (χ4v) is 4.58. The molecule has 0 saturated carbocycles. The summed E-state index contributed by atoms with van der Waals surface area (Å²) in [4.78, 5) is 0. The zero-order valence-corrected chi connectivity index (χ0v) is 16.4. The van der Waals surface area contributed by atoms with Gasteiger partial charge in [0.25, 0.3) is 0 Å². The summed E-state index contributed by atoms with van der Waals surface area (Å²) >= 11 is 7.40. The Kier molecular flexibility index (Phi) is 3.47. The van der Waals surface area contributed by atoms with Crippen molar-refractivity contribution in [2.45, 2.75) is 0 Å². The Morgan fingerprint density at radius 2 is 1.32 bits per heavy atom. The Hall–Kier alpha value is -2.10.